The van der Waals surface area contributed by atoms with Crippen LogP contribution in [-0.2, 0) is 11.2 Å². The molecule has 2 unspecified atom stereocenters. The Balaban J connectivity index is 1.24. The summed E-state index contributed by atoms with van der Waals surface area (Å²) in [5.41, 5.74) is 8.07. The summed E-state index contributed by atoms with van der Waals surface area (Å²) in [6.45, 7) is 7.13. The molecule has 2 aliphatic heterocycles. The van der Waals surface area contributed by atoms with Gasteiger partial charge in [0, 0.05) is 48.2 Å². The molecule has 2 atom stereocenters. The molecule has 1 amide bonds. The van der Waals surface area contributed by atoms with E-state index in [0.29, 0.717) is 10.9 Å². The number of primary amides is 1. The molecule has 5 rings (SSSR count). The maximum Gasteiger partial charge on any atom is 0.258 e. The highest BCUT2D eigenvalue weighted by Gasteiger charge is 2.28. The number of hydrogen-bond donors (Lipinski definition) is 1. The van der Waals surface area contributed by atoms with E-state index < -0.39 is 0 Å². The van der Waals surface area contributed by atoms with Gasteiger partial charge in [0.25, 0.3) is 5.91 Å². The Morgan fingerprint density at radius 3 is 2.87 bits per heavy atom. The quantitative estimate of drug-likeness (QED) is 0.652. The molecular formula is C25H29N3O2S. The number of ether oxygens (including phenoxy) is 1. The Bertz CT molecular complexity index is 1090. The molecule has 6 heteroatoms. The molecule has 2 aromatic carbocycles. The minimum atomic E-state index is -0.337. The zero-order valence-electron chi connectivity index (χ0n) is 17.9. The standard InChI is InChI=1S/C25H29N3O2S/c1-17-16-28(21-8-4-6-18-5-2-3-7-20(18)21)13-12-27(17)11-9-22-24-19(10-14-30-22)15-23(31-24)25(26)29/h2-8,15,17,22H,9-14,16H2,1H3,(H2,26,29). The molecule has 0 aliphatic carbocycles. The lowest BCUT2D eigenvalue weighted by Gasteiger charge is -2.42. The minimum Gasteiger partial charge on any atom is -0.372 e. The highest BCUT2D eigenvalue weighted by Crippen LogP contribution is 2.37. The zero-order valence-corrected chi connectivity index (χ0v) is 18.7. The van der Waals surface area contributed by atoms with Gasteiger partial charge in [-0.25, -0.2) is 0 Å². The molecule has 1 aromatic heterocycles. The number of anilines is 1. The van der Waals surface area contributed by atoms with E-state index in [1.165, 1.54) is 38.2 Å². The Morgan fingerprint density at radius 2 is 2.03 bits per heavy atom. The Labute approximate surface area is 187 Å². The SMILES string of the molecule is CC1CN(c2cccc3ccccc23)CCN1CCC1OCCc2cc(C(N)=O)sc21. The summed E-state index contributed by atoms with van der Waals surface area (Å²) in [4.78, 5) is 18.5. The number of amides is 1. The first kappa shape index (κ1) is 20.5. The Morgan fingerprint density at radius 1 is 1.19 bits per heavy atom. The molecule has 3 heterocycles. The number of thiophene rings is 1. The van der Waals surface area contributed by atoms with Crippen LogP contribution >= 0.6 is 11.3 Å². The predicted octanol–water partition coefficient (Wildman–Crippen LogP) is 4.21. The van der Waals surface area contributed by atoms with Crippen LogP contribution < -0.4 is 10.6 Å². The first-order chi connectivity index (χ1) is 15.1. The molecule has 5 nitrogen and oxygen atoms in total. The van der Waals surface area contributed by atoms with Crippen molar-refractivity contribution in [2.24, 2.45) is 5.73 Å². The van der Waals surface area contributed by atoms with Crippen LogP contribution in [0, 0.1) is 0 Å². The van der Waals surface area contributed by atoms with Gasteiger partial charge < -0.3 is 15.4 Å². The van der Waals surface area contributed by atoms with E-state index in [-0.39, 0.29) is 12.0 Å². The van der Waals surface area contributed by atoms with Crippen LogP contribution in [0.3, 0.4) is 0 Å². The fraction of sp³-hybridized carbons (Fsp3) is 0.400. The molecular weight excluding hydrogens is 406 g/mol. The average molecular weight is 436 g/mol. The minimum absolute atomic E-state index is 0.0742. The molecule has 1 saturated heterocycles. The molecule has 1 fully saturated rings. The Kier molecular flexibility index (Phi) is 5.69. The van der Waals surface area contributed by atoms with Crippen molar-refractivity contribution >= 4 is 33.7 Å². The van der Waals surface area contributed by atoms with Crippen molar-refractivity contribution in [2.75, 3.05) is 37.7 Å². The molecule has 2 aliphatic rings. The van der Waals surface area contributed by atoms with E-state index in [1.54, 1.807) is 0 Å². The summed E-state index contributed by atoms with van der Waals surface area (Å²) in [6, 6.07) is 17.7. The first-order valence-corrected chi connectivity index (χ1v) is 11.9. The van der Waals surface area contributed by atoms with Crippen molar-refractivity contribution in [3.8, 4) is 0 Å². The van der Waals surface area contributed by atoms with Crippen LogP contribution in [0.15, 0.2) is 48.5 Å². The van der Waals surface area contributed by atoms with Crippen LogP contribution in [0.25, 0.3) is 10.8 Å². The Hall–Kier alpha value is -2.41. The number of piperazine rings is 1. The number of nitrogens with zero attached hydrogens (tertiary/aromatic N) is 2. The van der Waals surface area contributed by atoms with E-state index in [4.69, 9.17) is 10.5 Å². The smallest absolute Gasteiger partial charge is 0.258 e. The summed E-state index contributed by atoms with van der Waals surface area (Å²) in [5.74, 6) is -0.337. The molecule has 0 saturated carbocycles. The van der Waals surface area contributed by atoms with E-state index in [0.717, 1.165) is 45.6 Å². The van der Waals surface area contributed by atoms with E-state index in [1.807, 2.05) is 6.07 Å². The van der Waals surface area contributed by atoms with Crippen molar-refractivity contribution < 1.29 is 9.53 Å². The summed E-state index contributed by atoms with van der Waals surface area (Å²) in [7, 11) is 0. The average Bonchev–Trinajstić information content (AvgIpc) is 3.23. The van der Waals surface area contributed by atoms with Crippen LogP contribution in [-0.4, -0.2) is 49.6 Å². The third-order valence-corrected chi connectivity index (χ3v) is 7.90. The molecule has 162 valence electrons. The second-order valence-electron chi connectivity index (χ2n) is 8.59. The summed E-state index contributed by atoms with van der Waals surface area (Å²) in [5, 5.41) is 2.63. The molecule has 0 bridgehead atoms. The van der Waals surface area contributed by atoms with Crippen molar-refractivity contribution in [2.45, 2.75) is 31.9 Å². The van der Waals surface area contributed by atoms with Gasteiger partial charge in [0.1, 0.15) is 0 Å². The summed E-state index contributed by atoms with van der Waals surface area (Å²) in [6.07, 6.45) is 1.89. The number of nitrogens with two attached hydrogens (primary N) is 1. The van der Waals surface area contributed by atoms with Crippen molar-refractivity contribution in [3.63, 3.8) is 0 Å². The van der Waals surface area contributed by atoms with Crippen molar-refractivity contribution in [1.82, 2.24) is 4.90 Å². The van der Waals surface area contributed by atoms with E-state index in [2.05, 4.69) is 59.2 Å². The topological polar surface area (TPSA) is 58.8 Å². The van der Waals surface area contributed by atoms with Gasteiger partial charge in [0.15, 0.2) is 0 Å². The van der Waals surface area contributed by atoms with Gasteiger partial charge in [-0.3, -0.25) is 9.69 Å². The number of fused-ring (bicyclic) bond motifs is 2. The lowest BCUT2D eigenvalue weighted by molar-refractivity contribution is 0.0283. The van der Waals surface area contributed by atoms with Gasteiger partial charge in [-0.05, 0) is 42.8 Å². The van der Waals surface area contributed by atoms with Crippen molar-refractivity contribution in [1.29, 1.82) is 0 Å². The monoisotopic (exact) mass is 435 g/mol. The van der Waals surface area contributed by atoms with Gasteiger partial charge >= 0.3 is 0 Å². The fourth-order valence-corrected chi connectivity index (χ4v) is 6.09. The van der Waals surface area contributed by atoms with Crippen LogP contribution in [0.5, 0.6) is 0 Å². The van der Waals surface area contributed by atoms with Crippen LogP contribution in [0.4, 0.5) is 5.69 Å². The summed E-state index contributed by atoms with van der Waals surface area (Å²) >= 11 is 1.51. The highest BCUT2D eigenvalue weighted by atomic mass is 32.1. The number of hydrogen-bond acceptors (Lipinski definition) is 5. The van der Waals surface area contributed by atoms with Gasteiger partial charge in [0.05, 0.1) is 17.6 Å². The molecule has 0 spiro atoms. The van der Waals surface area contributed by atoms with Gasteiger partial charge in [-0.1, -0.05) is 36.4 Å². The van der Waals surface area contributed by atoms with Gasteiger partial charge in [0.2, 0.25) is 0 Å². The molecule has 0 radical (unpaired) electrons. The normalized spacial score (nSPS) is 21.9. The van der Waals surface area contributed by atoms with Crippen LogP contribution in [0.1, 0.15) is 39.6 Å². The third kappa shape index (κ3) is 4.07. The van der Waals surface area contributed by atoms with Crippen molar-refractivity contribution in [3.05, 3.63) is 63.8 Å². The molecule has 2 N–H and O–H groups in total. The molecule has 3 aromatic rings. The predicted molar refractivity (Wildman–Crippen MR) is 127 cm³/mol. The largest absolute Gasteiger partial charge is 0.372 e. The van der Waals surface area contributed by atoms with E-state index in [9.17, 15) is 4.79 Å². The number of carbonyl (C=O) groups is 1. The maximum atomic E-state index is 11.6. The number of rotatable bonds is 5. The molecule has 31 heavy (non-hydrogen) atoms. The van der Waals surface area contributed by atoms with Gasteiger partial charge in [-0.15, -0.1) is 11.3 Å². The first-order valence-electron chi connectivity index (χ1n) is 11.1. The van der Waals surface area contributed by atoms with Gasteiger partial charge in [-0.2, -0.15) is 0 Å². The lowest BCUT2D eigenvalue weighted by atomic mass is 10.0. The second kappa shape index (κ2) is 8.61. The van der Waals surface area contributed by atoms with Crippen LogP contribution in [0.2, 0.25) is 0 Å². The lowest BCUT2D eigenvalue weighted by Crippen LogP contribution is -2.52. The number of benzene rings is 2. The maximum absolute atomic E-state index is 11.6. The number of carbonyl (C=O) groups excluding carboxylic acids is 1. The zero-order chi connectivity index (χ0) is 21.4. The fourth-order valence-electron chi connectivity index (χ4n) is 4.95. The summed E-state index contributed by atoms with van der Waals surface area (Å²) < 4.78 is 6.08. The van der Waals surface area contributed by atoms with E-state index >= 15 is 0 Å². The highest BCUT2D eigenvalue weighted by molar-refractivity contribution is 7.14. The third-order valence-electron chi connectivity index (χ3n) is 6.62. The second-order valence-corrected chi connectivity index (χ2v) is 9.68.